The van der Waals surface area contributed by atoms with Crippen LogP contribution in [0.4, 0.5) is 4.39 Å². The molecule has 0 aromatic heterocycles. The number of halogens is 1. The lowest BCUT2D eigenvalue weighted by molar-refractivity contribution is -0.0987. The molecule has 2 heterocycles. The molecule has 2 fully saturated rings. The number of hydrazine groups is 1. The van der Waals surface area contributed by atoms with Crippen LogP contribution < -0.4 is 4.74 Å². The Morgan fingerprint density at radius 1 is 0.929 bits per heavy atom. The SMILES string of the molecule is CCCCCCC1CCCCN1N1CCC(CCOc2ccc(F)cc2)CC1. The molecule has 0 radical (unpaired) electrons. The molecule has 158 valence electrons. The largest absolute Gasteiger partial charge is 0.494 e. The van der Waals surface area contributed by atoms with E-state index in [9.17, 15) is 4.39 Å². The second kappa shape index (κ2) is 11.8. The highest BCUT2D eigenvalue weighted by atomic mass is 19.1. The number of piperidine rings is 2. The van der Waals surface area contributed by atoms with Crippen LogP contribution in [-0.4, -0.2) is 42.3 Å². The van der Waals surface area contributed by atoms with Gasteiger partial charge in [-0.2, -0.15) is 0 Å². The summed E-state index contributed by atoms with van der Waals surface area (Å²) in [6.07, 6.45) is 14.7. The van der Waals surface area contributed by atoms with Crippen LogP contribution in [0.25, 0.3) is 0 Å². The zero-order valence-electron chi connectivity index (χ0n) is 17.8. The van der Waals surface area contributed by atoms with Gasteiger partial charge in [-0.05, 0) is 68.7 Å². The quantitative estimate of drug-likeness (QED) is 0.453. The van der Waals surface area contributed by atoms with Crippen LogP contribution in [0.2, 0.25) is 0 Å². The summed E-state index contributed by atoms with van der Waals surface area (Å²) >= 11 is 0. The Kier molecular flexibility index (Phi) is 9.07. The number of hydrogen-bond donors (Lipinski definition) is 0. The molecule has 1 unspecified atom stereocenters. The Morgan fingerprint density at radius 2 is 1.71 bits per heavy atom. The first-order valence-electron chi connectivity index (χ1n) is 11.7. The maximum absolute atomic E-state index is 13.0. The summed E-state index contributed by atoms with van der Waals surface area (Å²) in [5.41, 5.74) is 0. The fraction of sp³-hybridized carbons (Fsp3) is 0.750. The van der Waals surface area contributed by atoms with Crippen LogP contribution >= 0.6 is 0 Å². The summed E-state index contributed by atoms with van der Waals surface area (Å²) in [6.45, 7) is 6.69. The van der Waals surface area contributed by atoms with E-state index < -0.39 is 0 Å². The van der Waals surface area contributed by atoms with E-state index in [-0.39, 0.29) is 5.82 Å². The Bertz CT molecular complexity index is 542. The third-order valence-corrected chi connectivity index (χ3v) is 6.55. The molecule has 1 aromatic rings. The van der Waals surface area contributed by atoms with Gasteiger partial charge in [-0.25, -0.2) is 14.4 Å². The highest BCUT2D eigenvalue weighted by Gasteiger charge is 2.29. The van der Waals surface area contributed by atoms with Crippen molar-refractivity contribution >= 4 is 0 Å². The lowest BCUT2D eigenvalue weighted by Gasteiger charge is -2.46. The molecular formula is C24H39FN2O. The number of nitrogens with zero attached hydrogens (tertiary/aromatic N) is 2. The van der Waals surface area contributed by atoms with E-state index >= 15 is 0 Å². The fourth-order valence-corrected chi connectivity index (χ4v) is 4.80. The lowest BCUT2D eigenvalue weighted by Crippen LogP contribution is -2.53. The summed E-state index contributed by atoms with van der Waals surface area (Å²) in [5, 5.41) is 5.40. The molecule has 0 saturated carbocycles. The van der Waals surface area contributed by atoms with Gasteiger partial charge < -0.3 is 4.74 Å². The van der Waals surface area contributed by atoms with Crippen LogP contribution in [0.15, 0.2) is 24.3 Å². The average molecular weight is 391 g/mol. The molecule has 2 saturated heterocycles. The summed E-state index contributed by atoms with van der Waals surface area (Å²) < 4.78 is 18.8. The smallest absolute Gasteiger partial charge is 0.123 e. The van der Waals surface area contributed by atoms with Gasteiger partial charge in [0.05, 0.1) is 6.61 Å². The van der Waals surface area contributed by atoms with Crippen molar-refractivity contribution in [2.45, 2.75) is 83.6 Å². The van der Waals surface area contributed by atoms with Crippen LogP contribution in [0.5, 0.6) is 5.75 Å². The number of ether oxygens (including phenoxy) is 1. The van der Waals surface area contributed by atoms with Gasteiger partial charge in [0.25, 0.3) is 0 Å². The van der Waals surface area contributed by atoms with Gasteiger partial charge in [-0.1, -0.05) is 39.0 Å². The van der Waals surface area contributed by atoms with Crippen molar-refractivity contribution in [3.8, 4) is 5.75 Å². The third-order valence-electron chi connectivity index (χ3n) is 6.55. The van der Waals surface area contributed by atoms with E-state index in [0.717, 1.165) is 30.7 Å². The van der Waals surface area contributed by atoms with Crippen molar-refractivity contribution in [3.63, 3.8) is 0 Å². The second-order valence-electron chi connectivity index (χ2n) is 8.65. The van der Waals surface area contributed by atoms with Gasteiger partial charge in [0.1, 0.15) is 11.6 Å². The molecule has 0 bridgehead atoms. The van der Waals surface area contributed by atoms with E-state index in [0.29, 0.717) is 0 Å². The number of rotatable bonds is 10. The maximum atomic E-state index is 13.0. The molecule has 2 aliphatic heterocycles. The van der Waals surface area contributed by atoms with E-state index in [4.69, 9.17) is 4.74 Å². The molecule has 1 atom stereocenters. The first-order chi connectivity index (χ1) is 13.8. The van der Waals surface area contributed by atoms with E-state index in [1.165, 1.54) is 96.0 Å². The Morgan fingerprint density at radius 3 is 2.46 bits per heavy atom. The van der Waals surface area contributed by atoms with Gasteiger partial charge in [-0.3, -0.25) is 0 Å². The van der Waals surface area contributed by atoms with Gasteiger partial charge in [-0.15, -0.1) is 0 Å². The minimum atomic E-state index is -0.207. The first-order valence-corrected chi connectivity index (χ1v) is 11.7. The van der Waals surface area contributed by atoms with Gasteiger partial charge in [0, 0.05) is 25.7 Å². The van der Waals surface area contributed by atoms with Gasteiger partial charge in [0.15, 0.2) is 0 Å². The van der Waals surface area contributed by atoms with Gasteiger partial charge >= 0.3 is 0 Å². The molecule has 1 aromatic carbocycles. The summed E-state index contributed by atoms with van der Waals surface area (Å²) in [4.78, 5) is 0. The van der Waals surface area contributed by atoms with Gasteiger partial charge in [0.2, 0.25) is 0 Å². The van der Waals surface area contributed by atoms with Crippen LogP contribution in [0.1, 0.15) is 77.6 Å². The number of benzene rings is 1. The Hall–Kier alpha value is -1.13. The minimum absolute atomic E-state index is 0.207. The highest BCUT2D eigenvalue weighted by Crippen LogP contribution is 2.28. The van der Waals surface area contributed by atoms with Crippen molar-refractivity contribution in [3.05, 3.63) is 30.1 Å². The van der Waals surface area contributed by atoms with E-state index in [1.807, 2.05) is 0 Å². The van der Waals surface area contributed by atoms with Crippen molar-refractivity contribution in [2.75, 3.05) is 26.2 Å². The van der Waals surface area contributed by atoms with Crippen LogP contribution in [0, 0.1) is 11.7 Å². The molecule has 4 heteroatoms. The number of hydrogen-bond acceptors (Lipinski definition) is 3. The van der Waals surface area contributed by atoms with Crippen molar-refractivity contribution in [1.29, 1.82) is 0 Å². The highest BCUT2D eigenvalue weighted by molar-refractivity contribution is 5.21. The minimum Gasteiger partial charge on any atom is -0.494 e. The molecule has 0 spiro atoms. The van der Waals surface area contributed by atoms with E-state index in [1.54, 1.807) is 12.1 Å². The molecule has 28 heavy (non-hydrogen) atoms. The number of unbranched alkanes of at least 4 members (excludes halogenated alkanes) is 3. The van der Waals surface area contributed by atoms with Crippen molar-refractivity contribution in [1.82, 2.24) is 10.0 Å². The standard InChI is InChI=1S/C24H39FN2O/c1-2-3-4-5-8-23-9-6-7-17-27(23)26-18-14-21(15-19-26)16-20-28-24-12-10-22(25)11-13-24/h10-13,21,23H,2-9,14-20H2,1H3. The Balaban J connectivity index is 1.36. The van der Waals surface area contributed by atoms with Crippen LogP contribution in [-0.2, 0) is 0 Å². The Labute approximate surface area is 171 Å². The molecule has 3 nitrogen and oxygen atoms in total. The predicted octanol–water partition coefficient (Wildman–Crippen LogP) is 6.05. The zero-order chi connectivity index (χ0) is 19.6. The molecule has 0 N–H and O–H groups in total. The first kappa shape index (κ1) is 21.6. The predicted molar refractivity (Wildman–Crippen MR) is 114 cm³/mol. The zero-order valence-corrected chi connectivity index (χ0v) is 17.8. The van der Waals surface area contributed by atoms with E-state index in [2.05, 4.69) is 16.9 Å². The van der Waals surface area contributed by atoms with Crippen molar-refractivity contribution < 1.29 is 9.13 Å². The molecule has 2 aliphatic rings. The van der Waals surface area contributed by atoms with Crippen LogP contribution in [0.3, 0.4) is 0 Å². The summed E-state index contributed by atoms with van der Waals surface area (Å²) in [7, 11) is 0. The molecule has 0 aliphatic carbocycles. The molecule has 0 amide bonds. The second-order valence-corrected chi connectivity index (χ2v) is 8.65. The third kappa shape index (κ3) is 6.73. The summed E-state index contributed by atoms with van der Waals surface area (Å²) in [6, 6.07) is 7.14. The fourth-order valence-electron chi connectivity index (χ4n) is 4.80. The molecule has 3 rings (SSSR count). The average Bonchev–Trinajstić information content (AvgIpc) is 2.74. The topological polar surface area (TPSA) is 15.7 Å². The molecular weight excluding hydrogens is 351 g/mol. The summed E-state index contributed by atoms with van der Waals surface area (Å²) in [5.74, 6) is 1.32. The lowest BCUT2D eigenvalue weighted by atomic mass is 9.93. The maximum Gasteiger partial charge on any atom is 0.123 e. The van der Waals surface area contributed by atoms with Crippen molar-refractivity contribution in [2.24, 2.45) is 5.92 Å². The monoisotopic (exact) mass is 390 g/mol. The normalized spacial score (nSPS) is 22.4.